The molecule has 1 aromatic carbocycles. The molecule has 0 fully saturated rings. The zero-order valence-corrected chi connectivity index (χ0v) is 16.0. The van der Waals surface area contributed by atoms with Gasteiger partial charge in [-0.25, -0.2) is 4.79 Å². The molecule has 0 N–H and O–H groups in total. The summed E-state index contributed by atoms with van der Waals surface area (Å²) in [4.78, 5) is 11.9. The van der Waals surface area contributed by atoms with Gasteiger partial charge in [0.2, 0.25) is 0 Å². The fourth-order valence-electron chi connectivity index (χ4n) is 2.34. The van der Waals surface area contributed by atoms with Gasteiger partial charge >= 0.3 is 5.97 Å². The van der Waals surface area contributed by atoms with E-state index in [2.05, 4.69) is 26.8 Å². The molecule has 0 radical (unpaired) electrons. The molecule has 1 unspecified atom stereocenters. The first-order valence-corrected chi connectivity index (χ1v) is 8.66. The van der Waals surface area contributed by atoms with Gasteiger partial charge in [0.05, 0.1) is 20.8 Å². The summed E-state index contributed by atoms with van der Waals surface area (Å²) < 4.78 is 15.7. The minimum Gasteiger partial charge on any atom is -0.497 e. The fraction of sp³-hybridized carbons (Fsp3) is 0.476. The molecule has 4 heteroatoms. The van der Waals surface area contributed by atoms with Crippen molar-refractivity contribution < 1.29 is 19.0 Å². The summed E-state index contributed by atoms with van der Waals surface area (Å²) in [6.45, 7) is 6.84. The van der Waals surface area contributed by atoms with Crippen molar-refractivity contribution in [3.05, 3.63) is 41.5 Å². The van der Waals surface area contributed by atoms with Crippen molar-refractivity contribution in [2.75, 3.05) is 20.8 Å². The van der Waals surface area contributed by atoms with E-state index in [9.17, 15) is 4.79 Å². The molecule has 1 aromatic rings. The third-order valence-corrected chi connectivity index (χ3v) is 3.90. The number of hydrogen-bond acceptors (Lipinski definition) is 4. The summed E-state index contributed by atoms with van der Waals surface area (Å²) in [5.74, 6) is 1.57. The molecule has 0 saturated heterocycles. The van der Waals surface area contributed by atoms with Crippen LogP contribution in [0.5, 0.6) is 11.5 Å². The van der Waals surface area contributed by atoms with Gasteiger partial charge in [0.25, 0.3) is 0 Å². The normalized spacial score (nSPS) is 11.9. The number of carbonyl (C=O) groups excluding carboxylic acids is 1. The van der Waals surface area contributed by atoms with Gasteiger partial charge in [0.1, 0.15) is 11.5 Å². The maximum atomic E-state index is 11.9. The van der Waals surface area contributed by atoms with Crippen LogP contribution in [-0.2, 0) is 9.53 Å². The molecule has 0 amide bonds. The number of rotatable bonds is 10. The highest BCUT2D eigenvalue weighted by molar-refractivity contribution is 5.87. The topological polar surface area (TPSA) is 44.8 Å². The zero-order chi connectivity index (χ0) is 18.7. The first kappa shape index (κ1) is 20.8. The fourth-order valence-corrected chi connectivity index (χ4v) is 2.34. The molecule has 0 heterocycles. The number of esters is 1. The van der Waals surface area contributed by atoms with E-state index in [1.807, 2.05) is 12.1 Å². The molecule has 1 rings (SSSR count). The van der Waals surface area contributed by atoms with E-state index < -0.39 is 0 Å². The van der Waals surface area contributed by atoms with E-state index in [1.54, 1.807) is 26.4 Å². The van der Waals surface area contributed by atoms with Crippen LogP contribution in [0.2, 0.25) is 0 Å². The van der Waals surface area contributed by atoms with Crippen molar-refractivity contribution in [3.8, 4) is 11.5 Å². The van der Waals surface area contributed by atoms with Gasteiger partial charge < -0.3 is 14.2 Å². The third-order valence-electron chi connectivity index (χ3n) is 3.90. The second kappa shape index (κ2) is 11.3. The van der Waals surface area contributed by atoms with Crippen molar-refractivity contribution in [2.24, 2.45) is 5.92 Å². The van der Waals surface area contributed by atoms with E-state index in [4.69, 9.17) is 14.2 Å². The molecule has 0 aliphatic carbocycles. The van der Waals surface area contributed by atoms with Crippen LogP contribution in [0.4, 0.5) is 0 Å². The summed E-state index contributed by atoms with van der Waals surface area (Å²) in [5.41, 5.74) is 2.12. The summed E-state index contributed by atoms with van der Waals surface area (Å²) in [7, 11) is 3.19. The lowest BCUT2D eigenvalue weighted by molar-refractivity contribution is -0.138. The van der Waals surface area contributed by atoms with E-state index >= 15 is 0 Å². The molecule has 25 heavy (non-hydrogen) atoms. The van der Waals surface area contributed by atoms with Crippen molar-refractivity contribution in [3.63, 3.8) is 0 Å². The number of benzene rings is 1. The second-order valence-corrected chi connectivity index (χ2v) is 6.36. The van der Waals surface area contributed by atoms with Crippen LogP contribution >= 0.6 is 0 Å². The summed E-state index contributed by atoms with van der Waals surface area (Å²) in [6, 6.07) is 5.43. The Kier molecular flexibility index (Phi) is 9.45. The van der Waals surface area contributed by atoms with Crippen LogP contribution in [-0.4, -0.2) is 26.8 Å². The highest BCUT2D eigenvalue weighted by Crippen LogP contribution is 2.25. The lowest BCUT2D eigenvalue weighted by atomic mass is 10.0. The van der Waals surface area contributed by atoms with E-state index in [0.29, 0.717) is 24.0 Å². The van der Waals surface area contributed by atoms with Gasteiger partial charge in [-0.1, -0.05) is 18.6 Å². The molecule has 0 saturated carbocycles. The van der Waals surface area contributed by atoms with Gasteiger partial charge in [0, 0.05) is 11.6 Å². The van der Waals surface area contributed by atoms with Crippen LogP contribution in [0.15, 0.2) is 35.9 Å². The molecule has 138 valence electrons. The minimum absolute atomic E-state index is 0.346. The Labute approximate surface area is 151 Å². The molecule has 1 atom stereocenters. The highest BCUT2D eigenvalue weighted by Gasteiger charge is 2.05. The number of methoxy groups -OCH3 is 2. The van der Waals surface area contributed by atoms with Crippen molar-refractivity contribution in [1.82, 2.24) is 0 Å². The van der Waals surface area contributed by atoms with Gasteiger partial charge in [-0.2, -0.15) is 0 Å². The summed E-state index contributed by atoms with van der Waals surface area (Å²) >= 11 is 0. The average molecular weight is 346 g/mol. The summed E-state index contributed by atoms with van der Waals surface area (Å²) in [6.07, 6.45) is 8.41. The Morgan fingerprint density at radius 1 is 1.16 bits per heavy atom. The average Bonchev–Trinajstić information content (AvgIpc) is 2.59. The van der Waals surface area contributed by atoms with Crippen LogP contribution in [0.3, 0.4) is 0 Å². The van der Waals surface area contributed by atoms with E-state index in [-0.39, 0.29) is 5.97 Å². The molecule has 0 spiro atoms. The van der Waals surface area contributed by atoms with Crippen molar-refractivity contribution in [1.29, 1.82) is 0 Å². The Balaban J connectivity index is 2.44. The molecular formula is C21H30O4. The van der Waals surface area contributed by atoms with Crippen LogP contribution < -0.4 is 9.47 Å². The summed E-state index contributed by atoms with van der Waals surface area (Å²) in [5, 5.41) is 0. The number of carbonyl (C=O) groups is 1. The molecule has 0 aliphatic rings. The maximum absolute atomic E-state index is 11.9. The van der Waals surface area contributed by atoms with Gasteiger partial charge in [-0.05, 0) is 63.3 Å². The molecule has 4 nitrogen and oxygen atoms in total. The molecule has 0 aromatic heterocycles. The first-order chi connectivity index (χ1) is 12.0. The Bertz CT molecular complexity index is 598. The standard InChI is InChI=1S/C21H30O4/c1-16(2)7-6-8-17(3)13-14-25-21(22)12-9-18-15-19(23-4)10-11-20(18)24-5/h7,9-12,15,17H,6,8,13-14H2,1-5H3. The second-order valence-electron chi connectivity index (χ2n) is 6.36. The van der Waals surface area contributed by atoms with Crippen molar-refractivity contribution in [2.45, 2.75) is 40.0 Å². The predicted molar refractivity (Wildman–Crippen MR) is 102 cm³/mol. The third kappa shape index (κ3) is 8.43. The first-order valence-electron chi connectivity index (χ1n) is 8.66. The Morgan fingerprint density at radius 3 is 2.56 bits per heavy atom. The Hall–Kier alpha value is -2.23. The SMILES string of the molecule is COc1ccc(OC)c(C=CC(=O)OCCC(C)CCC=C(C)C)c1. The number of ether oxygens (including phenoxy) is 3. The lowest BCUT2D eigenvalue weighted by Gasteiger charge is -2.10. The monoisotopic (exact) mass is 346 g/mol. The molecule has 0 bridgehead atoms. The van der Waals surface area contributed by atoms with Crippen LogP contribution in [0.25, 0.3) is 6.08 Å². The smallest absolute Gasteiger partial charge is 0.330 e. The zero-order valence-electron chi connectivity index (χ0n) is 16.0. The lowest BCUT2D eigenvalue weighted by Crippen LogP contribution is -2.06. The van der Waals surface area contributed by atoms with Crippen LogP contribution in [0, 0.1) is 5.92 Å². The Morgan fingerprint density at radius 2 is 1.92 bits per heavy atom. The highest BCUT2D eigenvalue weighted by atomic mass is 16.5. The van der Waals surface area contributed by atoms with E-state index in [1.165, 1.54) is 11.6 Å². The van der Waals surface area contributed by atoms with Gasteiger partial charge in [-0.3, -0.25) is 0 Å². The number of hydrogen-bond donors (Lipinski definition) is 0. The van der Waals surface area contributed by atoms with Gasteiger partial charge in [0.15, 0.2) is 0 Å². The predicted octanol–water partition coefficient (Wildman–Crippen LogP) is 5.03. The minimum atomic E-state index is -0.346. The quantitative estimate of drug-likeness (QED) is 0.338. The van der Waals surface area contributed by atoms with E-state index in [0.717, 1.165) is 24.8 Å². The van der Waals surface area contributed by atoms with Gasteiger partial charge in [-0.15, -0.1) is 0 Å². The largest absolute Gasteiger partial charge is 0.497 e. The number of allylic oxidation sites excluding steroid dienone is 2. The molecular weight excluding hydrogens is 316 g/mol. The van der Waals surface area contributed by atoms with Crippen LogP contribution in [0.1, 0.15) is 45.6 Å². The molecule has 0 aliphatic heterocycles. The van der Waals surface area contributed by atoms with Crippen molar-refractivity contribution >= 4 is 12.0 Å². The maximum Gasteiger partial charge on any atom is 0.330 e.